The predicted octanol–water partition coefficient (Wildman–Crippen LogP) is 3.72. The zero-order chi connectivity index (χ0) is 17.4. The highest BCUT2D eigenvalue weighted by molar-refractivity contribution is 8.01. The zero-order valence-corrected chi connectivity index (χ0v) is 15.6. The van der Waals surface area contributed by atoms with Gasteiger partial charge in [0.2, 0.25) is 0 Å². The third-order valence-electron chi connectivity index (χ3n) is 4.90. The summed E-state index contributed by atoms with van der Waals surface area (Å²) in [6.07, 6.45) is 3.42. The molecule has 0 radical (unpaired) electrons. The fourth-order valence-corrected chi connectivity index (χ4v) is 5.84. The predicted molar refractivity (Wildman–Crippen MR) is 101 cm³/mol. The van der Waals surface area contributed by atoms with Crippen LogP contribution in [0, 0.1) is 0 Å². The van der Waals surface area contributed by atoms with E-state index in [1.165, 1.54) is 17.8 Å². The molecule has 130 valence electrons. The Morgan fingerprint density at radius 2 is 2.04 bits per heavy atom. The molecule has 1 aromatic carbocycles. The van der Waals surface area contributed by atoms with Crippen LogP contribution in [0.5, 0.6) is 0 Å². The maximum Gasteiger partial charge on any atom is 0.261 e. The molecule has 2 fully saturated rings. The third-order valence-corrected chi connectivity index (χ3v) is 7.19. The number of Topliss-reactive ketones (excluding diaryl/α,β-unsaturated/α-hetero) is 1. The van der Waals surface area contributed by atoms with Crippen LogP contribution in [0.3, 0.4) is 0 Å². The second-order valence-corrected chi connectivity index (χ2v) is 9.06. The number of rotatable bonds is 5. The van der Waals surface area contributed by atoms with Gasteiger partial charge >= 0.3 is 0 Å². The van der Waals surface area contributed by atoms with Crippen molar-refractivity contribution >= 4 is 34.8 Å². The third kappa shape index (κ3) is 3.52. The van der Waals surface area contributed by atoms with Crippen LogP contribution in [-0.4, -0.2) is 29.8 Å². The molecule has 0 spiro atoms. The van der Waals surface area contributed by atoms with E-state index in [0.29, 0.717) is 12.1 Å². The van der Waals surface area contributed by atoms with Crippen LogP contribution in [0.15, 0.2) is 45.5 Å². The number of fused-ring (bicyclic) bond motifs is 2. The van der Waals surface area contributed by atoms with Crippen molar-refractivity contribution in [3.8, 4) is 0 Å². The Labute approximate surface area is 155 Å². The number of hydrogen-bond donors (Lipinski definition) is 2. The molecule has 1 amide bonds. The van der Waals surface area contributed by atoms with Gasteiger partial charge < -0.3 is 10.6 Å². The van der Waals surface area contributed by atoms with E-state index >= 15 is 0 Å². The van der Waals surface area contributed by atoms with Gasteiger partial charge in [-0.3, -0.25) is 9.59 Å². The van der Waals surface area contributed by atoms with Gasteiger partial charge in [0.15, 0.2) is 5.78 Å². The Morgan fingerprint density at radius 1 is 1.20 bits per heavy atom. The molecule has 2 bridgehead atoms. The number of thiophene rings is 1. The number of hydrogen-bond acceptors (Lipinski definition) is 5. The van der Waals surface area contributed by atoms with Crippen molar-refractivity contribution in [3.05, 3.63) is 46.8 Å². The minimum absolute atomic E-state index is 0.0102. The lowest BCUT2D eigenvalue weighted by molar-refractivity contribution is 0.0934. The number of benzene rings is 1. The molecule has 25 heavy (non-hydrogen) atoms. The fourth-order valence-electron chi connectivity index (χ4n) is 3.68. The number of amides is 1. The summed E-state index contributed by atoms with van der Waals surface area (Å²) in [6.45, 7) is 1.58. The highest BCUT2D eigenvalue weighted by Gasteiger charge is 2.39. The summed E-state index contributed by atoms with van der Waals surface area (Å²) >= 11 is 3.02. The van der Waals surface area contributed by atoms with Crippen LogP contribution < -0.4 is 10.6 Å². The van der Waals surface area contributed by atoms with Gasteiger partial charge in [0.05, 0.1) is 9.09 Å². The molecule has 3 heterocycles. The van der Waals surface area contributed by atoms with Crippen molar-refractivity contribution < 1.29 is 9.59 Å². The van der Waals surface area contributed by atoms with Gasteiger partial charge in [0.25, 0.3) is 5.91 Å². The van der Waals surface area contributed by atoms with E-state index in [0.717, 1.165) is 32.4 Å². The standard InChI is InChI=1S/C19H20N2O2S2/c1-11(22)13-4-2-3-5-16(13)24-18-9-8-17(25-18)19(23)21-15-10-12-6-7-14(15)20-12/h2-5,8-9,12,14-15,20H,6-7,10H2,1H3,(H,21,23)/t12-,14+,15-/m1/s1. The minimum atomic E-state index is 0.0102. The Morgan fingerprint density at radius 3 is 2.76 bits per heavy atom. The van der Waals surface area contributed by atoms with Crippen molar-refractivity contribution in [1.82, 2.24) is 10.6 Å². The van der Waals surface area contributed by atoms with Gasteiger partial charge in [0, 0.05) is 28.6 Å². The average molecular weight is 373 g/mol. The maximum atomic E-state index is 12.5. The topological polar surface area (TPSA) is 58.2 Å². The molecule has 4 rings (SSSR count). The highest BCUT2D eigenvalue weighted by Crippen LogP contribution is 2.36. The van der Waals surface area contributed by atoms with Gasteiger partial charge in [0.1, 0.15) is 0 Å². The van der Waals surface area contributed by atoms with Crippen molar-refractivity contribution in [3.63, 3.8) is 0 Å². The van der Waals surface area contributed by atoms with Gasteiger partial charge in [-0.05, 0) is 44.4 Å². The van der Waals surface area contributed by atoms with E-state index in [9.17, 15) is 9.59 Å². The Hall–Kier alpha value is -1.63. The summed E-state index contributed by atoms with van der Waals surface area (Å²) in [7, 11) is 0. The lowest BCUT2D eigenvalue weighted by Crippen LogP contribution is -2.42. The Kier molecular flexibility index (Phi) is 4.67. The summed E-state index contributed by atoms with van der Waals surface area (Å²) in [5.74, 6) is 0.0671. The van der Waals surface area contributed by atoms with Crippen molar-refractivity contribution in [2.75, 3.05) is 0 Å². The molecular weight excluding hydrogens is 352 g/mol. The summed E-state index contributed by atoms with van der Waals surface area (Å²) in [5.41, 5.74) is 0.722. The van der Waals surface area contributed by atoms with E-state index in [-0.39, 0.29) is 17.7 Å². The number of nitrogens with one attached hydrogen (secondary N) is 2. The van der Waals surface area contributed by atoms with Crippen LogP contribution in [0.4, 0.5) is 0 Å². The molecule has 2 N–H and O–H groups in total. The molecular formula is C19H20N2O2S2. The summed E-state index contributed by atoms with van der Waals surface area (Å²) in [5, 5.41) is 6.72. The van der Waals surface area contributed by atoms with Crippen LogP contribution in [0.25, 0.3) is 0 Å². The van der Waals surface area contributed by atoms with Crippen LogP contribution in [0.1, 0.15) is 46.2 Å². The molecule has 1 aromatic heterocycles. The number of carbonyl (C=O) groups is 2. The molecule has 0 saturated carbocycles. The first kappa shape index (κ1) is 16.8. The normalized spacial score (nSPS) is 24.4. The molecule has 4 nitrogen and oxygen atoms in total. The maximum absolute atomic E-state index is 12.5. The van der Waals surface area contributed by atoms with Gasteiger partial charge in [-0.2, -0.15) is 0 Å². The molecule has 0 unspecified atom stereocenters. The lowest BCUT2D eigenvalue weighted by atomic mass is 9.95. The lowest BCUT2D eigenvalue weighted by Gasteiger charge is -2.20. The Balaban J connectivity index is 1.44. The minimum Gasteiger partial charge on any atom is -0.347 e. The monoisotopic (exact) mass is 372 g/mol. The molecule has 2 aromatic rings. The molecule has 2 aliphatic heterocycles. The van der Waals surface area contributed by atoms with Crippen LogP contribution in [-0.2, 0) is 0 Å². The summed E-state index contributed by atoms with van der Waals surface area (Å²) < 4.78 is 1.02. The first-order valence-corrected chi connectivity index (χ1v) is 10.2. The molecule has 2 aliphatic rings. The van der Waals surface area contributed by atoms with E-state index < -0.39 is 0 Å². The van der Waals surface area contributed by atoms with E-state index in [4.69, 9.17) is 0 Å². The van der Waals surface area contributed by atoms with E-state index in [1.54, 1.807) is 18.7 Å². The van der Waals surface area contributed by atoms with Gasteiger partial charge in [-0.25, -0.2) is 0 Å². The number of ketones is 1. The molecule has 0 aliphatic carbocycles. The summed E-state index contributed by atoms with van der Waals surface area (Å²) in [4.78, 5) is 25.9. The average Bonchev–Trinajstić information content (AvgIpc) is 3.31. The Bertz CT molecular complexity index is 817. The van der Waals surface area contributed by atoms with E-state index in [2.05, 4.69) is 10.6 Å². The summed E-state index contributed by atoms with van der Waals surface area (Å²) in [6, 6.07) is 12.7. The number of carbonyl (C=O) groups excluding carboxylic acids is 2. The zero-order valence-electron chi connectivity index (χ0n) is 14.0. The first-order valence-electron chi connectivity index (χ1n) is 8.55. The largest absolute Gasteiger partial charge is 0.347 e. The SMILES string of the molecule is CC(=O)c1ccccc1Sc1ccc(C(=O)N[C@@H]2C[C@H]3CC[C@@H]2N3)s1. The van der Waals surface area contributed by atoms with Gasteiger partial charge in [-0.1, -0.05) is 30.0 Å². The fraction of sp³-hybridized carbons (Fsp3) is 0.368. The molecule has 6 heteroatoms. The smallest absolute Gasteiger partial charge is 0.261 e. The second kappa shape index (κ2) is 6.94. The van der Waals surface area contributed by atoms with Crippen LogP contribution >= 0.6 is 23.1 Å². The first-order chi connectivity index (χ1) is 12.1. The molecule has 3 atom stereocenters. The molecule has 2 saturated heterocycles. The van der Waals surface area contributed by atoms with Gasteiger partial charge in [-0.15, -0.1) is 11.3 Å². The highest BCUT2D eigenvalue weighted by atomic mass is 32.2. The second-order valence-electron chi connectivity index (χ2n) is 6.64. The van der Waals surface area contributed by atoms with Crippen molar-refractivity contribution in [2.24, 2.45) is 0 Å². The van der Waals surface area contributed by atoms with E-state index in [1.807, 2.05) is 36.4 Å². The van der Waals surface area contributed by atoms with Crippen molar-refractivity contribution in [2.45, 2.75) is 53.4 Å². The quantitative estimate of drug-likeness (QED) is 0.786. The van der Waals surface area contributed by atoms with Crippen molar-refractivity contribution in [1.29, 1.82) is 0 Å². The van der Waals surface area contributed by atoms with Crippen LogP contribution in [0.2, 0.25) is 0 Å².